The molecule has 0 heterocycles. The standard InChI is InChI=1S/C11H10ClN3/c1-8-6-10(4-3-5-14-15-13)7-9(2)11(8)12/h6-7H,5H2,1-2H3. The SMILES string of the molecule is Cc1cc(C#CCN=[N+]=[N-])cc(C)c1Cl. The van der Waals surface area contributed by atoms with Crippen LogP contribution in [-0.2, 0) is 0 Å². The summed E-state index contributed by atoms with van der Waals surface area (Å²) in [5, 5.41) is 4.10. The van der Waals surface area contributed by atoms with E-state index in [1.54, 1.807) is 0 Å². The molecule has 0 atom stereocenters. The Morgan fingerprint density at radius 1 is 1.40 bits per heavy atom. The summed E-state index contributed by atoms with van der Waals surface area (Å²) in [5.74, 6) is 5.68. The van der Waals surface area contributed by atoms with Gasteiger partial charge in [0.2, 0.25) is 0 Å². The fourth-order valence-corrected chi connectivity index (χ4v) is 1.34. The summed E-state index contributed by atoms with van der Waals surface area (Å²) in [5.41, 5.74) is 11.0. The van der Waals surface area contributed by atoms with Crippen LogP contribution in [0.5, 0.6) is 0 Å². The second-order valence-corrected chi connectivity index (χ2v) is 3.49. The third-order valence-electron chi connectivity index (χ3n) is 1.88. The van der Waals surface area contributed by atoms with Gasteiger partial charge in [-0.1, -0.05) is 28.6 Å². The Bertz CT molecular complexity index is 453. The fraction of sp³-hybridized carbons (Fsp3) is 0.273. The van der Waals surface area contributed by atoms with Crippen LogP contribution >= 0.6 is 11.6 Å². The average molecular weight is 220 g/mol. The van der Waals surface area contributed by atoms with E-state index in [0.717, 1.165) is 21.7 Å². The molecule has 4 heteroatoms. The van der Waals surface area contributed by atoms with Crippen LogP contribution in [0.25, 0.3) is 10.4 Å². The molecule has 1 aromatic rings. The molecule has 0 aliphatic rings. The number of aryl methyl sites for hydroxylation is 2. The molecule has 1 rings (SSSR count). The van der Waals surface area contributed by atoms with E-state index < -0.39 is 0 Å². The number of hydrogen-bond donors (Lipinski definition) is 0. The van der Waals surface area contributed by atoms with Crippen molar-refractivity contribution in [2.45, 2.75) is 13.8 Å². The van der Waals surface area contributed by atoms with Crippen LogP contribution in [0.3, 0.4) is 0 Å². The Labute approximate surface area is 93.7 Å². The number of rotatable bonds is 1. The van der Waals surface area contributed by atoms with Gasteiger partial charge in [-0.05, 0) is 42.6 Å². The first kappa shape index (κ1) is 11.5. The van der Waals surface area contributed by atoms with E-state index in [2.05, 4.69) is 21.9 Å². The fourth-order valence-electron chi connectivity index (χ4n) is 1.23. The lowest BCUT2D eigenvalue weighted by Gasteiger charge is -2.02. The lowest BCUT2D eigenvalue weighted by molar-refractivity contribution is 1.25. The molecule has 0 aromatic heterocycles. The number of nitrogens with zero attached hydrogens (tertiary/aromatic N) is 3. The van der Waals surface area contributed by atoms with Gasteiger partial charge in [-0.2, -0.15) is 0 Å². The van der Waals surface area contributed by atoms with Crippen molar-refractivity contribution >= 4 is 11.6 Å². The average Bonchev–Trinajstić information content (AvgIpc) is 2.21. The number of azide groups is 1. The van der Waals surface area contributed by atoms with Gasteiger partial charge in [0, 0.05) is 15.5 Å². The lowest BCUT2D eigenvalue weighted by Crippen LogP contribution is -1.84. The van der Waals surface area contributed by atoms with Crippen LogP contribution in [-0.4, -0.2) is 6.54 Å². The van der Waals surface area contributed by atoms with Gasteiger partial charge in [-0.15, -0.1) is 0 Å². The molecule has 0 unspecified atom stereocenters. The van der Waals surface area contributed by atoms with Crippen molar-refractivity contribution in [1.29, 1.82) is 0 Å². The lowest BCUT2D eigenvalue weighted by atomic mass is 10.1. The molecular formula is C11H10ClN3. The monoisotopic (exact) mass is 219 g/mol. The zero-order valence-electron chi connectivity index (χ0n) is 8.58. The van der Waals surface area contributed by atoms with E-state index in [4.69, 9.17) is 17.1 Å². The predicted molar refractivity (Wildman–Crippen MR) is 61.8 cm³/mol. The third-order valence-corrected chi connectivity index (χ3v) is 2.48. The second kappa shape index (κ2) is 5.31. The Morgan fingerprint density at radius 2 is 2.00 bits per heavy atom. The highest BCUT2D eigenvalue weighted by molar-refractivity contribution is 6.32. The van der Waals surface area contributed by atoms with E-state index in [0.29, 0.717) is 0 Å². The molecule has 0 fully saturated rings. The number of benzene rings is 1. The number of halogens is 1. The highest BCUT2D eigenvalue weighted by Crippen LogP contribution is 2.21. The van der Waals surface area contributed by atoms with E-state index in [-0.39, 0.29) is 6.54 Å². The third kappa shape index (κ3) is 3.21. The molecule has 1 aromatic carbocycles. The normalized spacial score (nSPS) is 8.73. The largest absolute Gasteiger partial charge is 0.0919 e. The van der Waals surface area contributed by atoms with Gasteiger partial charge in [0.15, 0.2) is 0 Å². The summed E-state index contributed by atoms with van der Waals surface area (Å²) in [7, 11) is 0. The molecule has 76 valence electrons. The minimum absolute atomic E-state index is 0.192. The maximum Gasteiger partial charge on any atom is 0.0880 e. The maximum atomic E-state index is 8.06. The summed E-state index contributed by atoms with van der Waals surface area (Å²) >= 11 is 6.02. The van der Waals surface area contributed by atoms with E-state index in [1.165, 1.54) is 0 Å². The highest BCUT2D eigenvalue weighted by Gasteiger charge is 2.00. The van der Waals surface area contributed by atoms with E-state index in [1.807, 2.05) is 26.0 Å². The first-order valence-corrected chi connectivity index (χ1v) is 4.79. The Balaban J connectivity index is 2.95. The van der Waals surface area contributed by atoms with Crippen LogP contribution in [0, 0.1) is 25.7 Å². The summed E-state index contributed by atoms with van der Waals surface area (Å²) in [6.45, 7) is 4.07. The van der Waals surface area contributed by atoms with Crippen LogP contribution < -0.4 is 0 Å². The molecule has 0 bridgehead atoms. The quantitative estimate of drug-likeness (QED) is 0.300. The second-order valence-electron chi connectivity index (χ2n) is 3.11. The Morgan fingerprint density at radius 3 is 2.53 bits per heavy atom. The van der Waals surface area contributed by atoms with Gasteiger partial charge in [0.25, 0.3) is 0 Å². The van der Waals surface area contributed by atoms with E-state index >= 15 is 0 Å². The van der Waals surface area contributed by atoms with Gasteiger partial charge < -0.3 is 0 Å². The Hall–Kier alpha value is -1.62. The molecule has 0 spiro atoms. The van der Waals surface area contributed by atoms with Gasteiger partial charge >= 0.3 is 0 Å². The number of hydrogen-bond acceptors (Lipinski definition) is 1. The molecule has 0 saturated heterocycles. The molecule has 3 nitrogen and oxygen atoms in total. The Kier molecular flexibility index (Phi) is 4.05. The first-order valence-electron chi connectivity index (χ1n) is 4.41. The highest BCUT2D eigenvalue weighted by atomic mass is 35.5. The minimum atomic E-state index is 0.192. The molecular weight excluding hydrogens is 210 g/mol. The summed E-state index contributed by atoms with van der Waals surface area (Å²) in [6, 6.07) is 3.83. The van der Waals surface area contributed by atoms with Crippen molar-refractivity contribution in [3.8, 4) is 11.8 Å². The maximum absolute atomic E-state index is 8.06. The smallest absolute Gasteiger partial charge is 0.0880 e. The van der Waals surface area contributed by atoms with Crippen molar-refractivity contribution < 1.29 is 0 Å². The summed E-state index contributed by atoms with van der Waals surface area (Å²) in [4.78, 5) is 2.62. The van der Waals surface area contributed by atoms with Crippen LogP contribution in [0.4, 0.5) is 0 Å². The zero-order chi connectivity index (χ0) is 11.3. The zero-order valence-corrected chi connectivity index (χ0v) is 9.34. The van der Waals surface area contributed by atoms with Crippen LogP contribution in [0.2, 0.25) is 5.02 Å². The molecule has 0 amide bonds. The minimum Gasteiger partial charge on any atom is -0.0919 e. The van der Waals surface area contributed by atoms with Crippen molar-refractivity contribution in [1.82, 2.24) is 0 Å². The van der Waals surface area contributed by atoms with Crippen molar-refractivity contribution in [2.24, 2.45) is 5.11 Å². The van der Waals surface area contributed by atoms with E-state index in [9.17, 15) is 0 Å². The molecule has 0 saturated carbocycles. The van der Waals surface area contributed by atoms with Gasteiger partial charge in [0.1, 0.15) is 0 Å². The first-order chi connectivity index (χ1) is 7.15. The van der Waals surface area contributed by atoms with Crippen LogP contribution in [0.1, 0.15) is 16.7 Å². The summed E-state index contributed by atoms with van der Waals surface area (Å²) < 4.78 is 0. The molecule has 0 aliphatic carbocycles. The van der Waals surface area contributed by atoms with Crippen molar-refractivity contribution in [3.63, 3.8) is 0 Å². The predicted octanol–water partition coefficient (Wildman–Crippen LogP) is 3.62. The summed E-state index contributed by atoms with van der Waals surface area (Å²) in [6.07, 6.45) is 0. The van der Waals surface area contributed by atoms with Crippen molar-refractivity contribution in [2.75, 3.05) is 6.54 Å². The van der Waals surface area contributed by atoms with Gasteiger partial charge in [-0.3, -0.25) is 0 Å². The van der Waals surface area contributed by atoms with Crippen LogP contribution in [0.15, 0.2) is 17.2 Å². The van der Waals surface area contributed by atoms with Crippen molar-refractivity contribution in [3.05, 3.63) is 44.3 Å². The molecule has 0 radical (unpaired) electrons. The topological polar surface area (TPSA) is 48.8 Å². The molecule has 0 N–H and O–H groups in total. The molecule has 15 heavy (non-hydrogen) atoms. The molecule has 0 aliphatic heterocycles. The van der Waals surface area contributed by atoms with Gasteiger partial charge in [-0.25, -0.2) is 0 Å². The van der Waals surface area contributed by atoms with Gasteiger partial charge in [0.05, 0.1) is 6.54 Å².